The summed E-state index contributed by atoms with van der Waals surface area (Å²) < 4.78 is 0. The molecule has 1 aliphatic heterocycles. The molecule has 1 saturated heterocycles. The van der Waals surface area contributed by atoms with E-state index in [9.17, 15) is 0 Å². The summed E-state index contributed by atoms with van der Waals surface area (Å²) in [7, 11) is 2.19. The fraction of sp³-hybridized carbons (Fsp3) is 0.688. The van der Waals surface area contributed by atoms with Gasteiger partial charge < -0.3 is 10.2 Å². The number of hydrogen-bond acceptors (Lipinski definition) is 3. The van der Waals surface area contributed by atoms with Gasteiger partial charge in [0.2, 0.25) is 0 Å². The summed E-state index contributed by atoms with van der Waals surface area (Å²) in [6.07, 6.45) is 6.13. The van der Waals surface area contributed by atoms with Gasteiger partial charge in [-0.1, -0.05) is 26.3 Å². The van der Waals surface area contributed by atoms with Crippen molar-refractivity contribution in [2.75, 3.05) is 32.0 Å². The second-order valence-corrected chi connectivity index (χ2v) is 4.62. The summed E-state index contributed by atoms with van der Waals surface area (Å²) >= 11 is 0. The maximum absolute atomic E-state index is 4.16. The monoisotopic (exact) mass is 265 g/mol. The van der Waals surface area contributed by atoms with Crippen LogP contribution in [0.2, 0.25) is 0 Å². The van der Waals surface area contributed by atoms with Crippen LogP contribution >= 0.6 is 0 Å². The number of pyridine rings is 1. The molecule has 1 aromatic rings. The molecule has 1 fully saturated rings. The third-order valence-electron chi connectivity index (χ3n) is 2.85. The Labute approximate surface area is 119 Å². The Morgan fingerprint density at radius 3 is 2.16 bits per heavy atom. The lowest BCUT2D eigenvalue weighted by atomic mass is 10.1. The van der Waals surface area contributed by atoms with Crippen molar-refractivity contribution < 1.29 is 0 Å². The molecule has 1 N–H and O–H groups in total. The highest BCUT2D eigenvalue weighted by Gasteiger charge is 2.02. The standard InChI is InChI=1S/C8H12N2.C6H13N.C2H6/c1-3-9-8-5-4-7(2)6-10-8;1-7-5-3-2-4-6-7;1-2/h4-6H,3H2,1-2H3,(H,9,10);2-6H2,1H3;1-2H3. The van der Waals surface area contributed by atoms with Gasteiger partial charge in [-0.05, 0) is 58.5 Å². The Hall–Kier alpha value is -1.09. The molecule has 3 nitrogen and oxygen atoms in total. The van der Waals surface area contributed by atoms with Crippen LogP contribution in [-0.4, -0.2) is 36.6 Å². The van der Waals surface area contributed by atoms with Crippen molar-refractivity contribution in [2.24, 2.45) is 0 Å². The van der Waals surface area contributed by atoms with Crippen molar-refractivity contribution in [3.63, 3.8) is 0 Å². The number of nitrogens with one attached hydrogen (secondary N) is 1. The second-order valence-electron chi connectivity index (χ2n) is 4.62. The maximum Gasteiger partial charge on any atom is 0.125 e. The molecule has 0 amide bonds. The summed E-state index contributed by atoms with van der Waals surface area (Å²) in [4.78, 5) is 6.55. The molecule has 2 rings (SSSR count). The molecule has 19 heavy (non-hydrogen) atoms. The van der Waals surface area contributed by atoms with Crippen LogP contribution in [0.25, 0.3) is 0 Å². The maximum atomic E-state index is 4.16. The number of aryl methyl sites for hydroxylation is 1. The molecule has 1 aromatic heterocycles. The van der Waals surface area contributed by atoms with E-state index >= 15 is 0 Å². The van der Waals surface area contributed by atoms with Crippen molar-refractivity contribution in [3.8, 4) is 0 Å². The van der Waals surface area contributed by atoms with E-state index in [1.54, 1.807) is 0 Å². The van der Waals surface area contributed by atoms with E-state index in [2.05, 4.69) is 29.2 Å². The topological polar surface area (TPSA) is 28.2 Å². The minimum absolute atomic E-state index is 0.927. The zero-order chi connectivity index (χ0) is 14.5. The van der Waals surface area contributed by atoms with Crippen LogP contribution in [0.4, 0.5) is 5.82 Å². The predicted molar refractivity (Wildman–Crippen MR) is 85.8 cm³/mol. The minimum atomic E-state index is 0.927. The minimum Gasteiger partial charge on any atom is -0.370 e. The van der Waals surface area contributed by atoms with E-state index in [-0.39, 0.29) is 0 Å². The van der Waals surface area contributed by atoms with Crippen molar-refractivity contribution in [1.82, 2.24) is 9.88 Å². The second kappa shape index (κ2) is 12.0. The molecule has 1 aliphatic rings. The van der Waals surface area contributed by atoms with Crippen molar-refractivity contribution in [3.05, 3.63) is 23.9 Å². The van der Waals surface area contributed by atoms with E-state index in [0.717, 1.165) is 12.4 Å². The lowest BCUT2D eigenvalue weighted by Crippen LogP contribution is -2.24. The first-order chi connectivity index (χ1) is 9.22. The van der Waals surface area contributed by atoms with Crippen molar-refractivity contribution >= 4 is 5.82 Å². The van der Waals surface area contributed by atoms with E-state index in [0.29, 0.717) is 0 Å². The summed E-state index contributed by atoms with van der Waals surface area (Å²) in [5.41, 5.74) is 1.20. The van der Waals surface area contributed by atoms with Gasteiger partial charge in [0.15, 0.2) is 0 Å². The van der Waals surface area contributed by atoms with Gasteiger partial charge in [-0.25, -0.2) is 4.98 Å². The number of anilines is 1. The number of aromatic nitrogens is 1. The predicted octanol–water partition coefficient (Wildman–Crippen LogP) is 3.95. The summed E-state index contributed by atoms with van der Waals surface area (Å²) in [5, 5.41) is 3.12. The number of rotatable bonds is 2. The Morgan fingerprint density at radius 1 is 1.16 bits per heavy atom. The first-order valence-electron chi connectivity index (χ1n) is 7.57. The fourth-order valence-corrected chi connectivity index (χ4v) is 1.81. The largest absolute Gasteiger partial charge is 0.370 e. The number of nitrogens with zero attached hydrogens (tertiary/aromatic N) is 2. The molecule has 2 heterocycles. The van der Waals surface area contributed by atoms with Crippen molar-refractivity contribution in [1.29, 1.82) is 0 Å². The quantitative estimate of drug-likeness (QED) is 0.877. The van der Waals surface area contributed by atoms with Crippen LogP contribution in [0, 0.1) is 6.92 Å². The average Bonchev–Trinajstić information content (AvgIpc) is 2.45. The zero-order valence-corrected chi connectivity index (χ0v) is 13.4. The third-order valence-corrected chi connectivity index (χ3v) is 2.85. The highest BCUT2D eigenvalue weighted by molar-refractivity contribution is 5.34. The van der Waals surface area contributed by atoms with E-state index < -0.39 is 0 Å². The Morgan fingerprint density at radius 2 is 1.79 bits per heavy atom. The van der Waals surface area contributed by atoms with Gasteiger partial charge in [0, 0.05) is 12.7 Å². The molecule has 0 aromatic carbocycles. The SMILES string of the molecule is CC.CCNc1ccc(C)cn1.CN1CCCCC1. The van der Waals surface area contributed by atoms with E-state index in [1.807, 2.05) is 39.1 Å². The van der Waals surface area contributed by atoms with Gasteiger partial charge in [-0.3, -0.25) is 0 Å². The van der Waals surface area contributed by atoms with E-state index in [1.165, 1.54) is 37.9 Å². The van der Waals surface area contributed by atoms with Crippen LogP contribution in [0.3, 0.4) is 0 Å². The molecular formula is C16H31N3. The highest BCUT2D eigenvalue weighted by atomic mass is 15.1. The number of hydrogen-bond donors (Lipinski definition) is 1. The van der Waals surface area contributed by atoms with Gasteiger partial charge in [0.1, 0.15) is 5.82 Å². The molecular weight excluding hydrogens is 234 g/mol. The summed E-state index contributed by atoms with van der Waals surface area (Å²) in [6, 6.07) is 4.03. The molecule has 0 aliphatic carbocycles. The number of likely N-dealkylation sites (tertiary alicyclic amines) is 1. The molecule has 0 bridgehead atoms. The Balaban J connectivity index is 0.000000316. The van der Waals surface area contributed by atoms with Gasteiger partial charge in [0.05, 0.1) is 0 Å². The highest BCUT2D eigenvalue weighted by Crippen LogP contribution is 2.04. The normalized spacial score (nSPS) is 14.6. The van der Waals surface area contributed by atoms with Gasteiger partial charge >= 0.3 is 0 Å². The van der Waals surface area contributed by atoms with Gasteiger partial charge in [-0.15, -0.1) is 0 Å². The van der Waals surface area contributed by atoms with Crippen LogP contribution in [0.15, 0.2) is 18.3 Å². The zero-order valence-electron chi connectivity index (χ0n) is 13.4. The fourth-order valence-electron chi connectivity index (χ4n) is 1.81. The molecule has 0 atom stereocenters. The molecule has 0 radical (unpaired) electrons. The summed E-state index contributed by atoms with van der Waals surface area (Å²) in [6.45, 7) is 11.7. The first kappa shape index (κ1) is 17.9. The van der Waals surface area contributed by atoms with E-state index in [4.69, 9.17) is 0 Å². The first-order valence-corrected chi connectivity index (χ1v) is 7.57. The van der Waals surface area contributed by atoms with Crippen LogP contribution in [-0.2, 0) is 0 Å². The lowest BCUT2D eigenvalue weighted by molar-refractivity contribution is 0.277. The molecule has 3 heteroatoms. The van der Waals surface area contributed by atoms with Crippen molar-refractivity contribution in [2.45, 2.75) is 47.0 Å². The molecule has 0 unspecified atom stereocenters. The van der Waals surface area contributed by atoms with Crippen LogP contribution in [0.1, 0.15) is 45.6 Å². The smallest absolute Gasteiger partial charge is 0.125 e. The molecule has 110 valence electrons. The molecule has 0 saturated carbocycles. The Kier molecular flexibility index (Phi) is 11.3. The lowest BCUT2D eigenvalue weighted by Gasteiger charge is -2.20. The third kappa shape index (κ3) is 9.48. The van der Waals surface area contributed by atoms with Gasteiger partial charge in [0.25, 0.3) is 0 Å². The number of piperidine rings is 1. The summed E-state index contributed by atoms with van der Waals surface area (Å²) in [5.74, 6) is 0.952. The Bertz CT molecular complexity index is 289. The van der Waals surface area contributed by atoms with Crippen LogP contribution < -0.4 is 5.32 Å². The van der Waals surface area contributed by atoms with Crippen LogP contribution in [0.5, 0.6) is 0 Å². The molecule has 0 spiro atoms. The van der Waals surface area contributed by atoms with Gasteiger partial charge in [-0.2, -0.15) is 0 Å². The average molecular weight is 265 g/mol.